The number of aromatic nitrogens is 3. The average Bonchev–Trinajstić information content (AvgIpc) is 3.32. The summed E-state index contributed by atoms with van der Waals surface area (Å²) in [6, 6.07) is 15.0. The van der Waals surface area contributed by atoms with Gasteiger partial charge in [-0.1, -0.05) is 35.5 Å². The first-order valence-corrected chi connectivity index (χ1v) is 10.2. The number of halogens is 1. The van der Waals surface area contributed by atoms with Gasteiger partial charge in [0, 0.05) is 10.6 Å². The second-order valence-electron chi connectivity index (χ2n) is 5.52. The summed E-state index contributed by atoms with van der Waals surface area (Å²) in [4.78, 5) is 16.6. The largest absolute Gasteiger partial charge is 0.411 e. The first-order valence-electron chi connectivity index (χ1n) is 8.01. The number of carbonyl (C=O) groups excluding carboxylic acids is 1. The van der Waals surface area contributed by atoms with Crippen LogP contribution in [0.15, 0.2) is 58.2 Å². The van der Waals surface area contributed by atoms with Crippen molar-refractivity contribution in [1.29, 1.82) is 0 Å². The Labute approximate surface area is 168 Å². The van der Waals surface area contributed by atoms with Crippen LogP contribution in [0.25, 0.3) is 21.7 Å². The zero-order chi connectivity index (χ0) is 18.6. The van der Waals surface area contributed by atoms with Crippen molar-refractivity contribution in [2.24, 2.45) is 0 Å². The molecular formula is C18H13ClN4O2S2. The van der Waals surface area contributed by atoms with Crippen LogP contribution >= 0.6 is 34.7 Å². The Morgan fingerprint density at radius 1 is 1.15 bits per heavy atom. The number of fused-ring (bicyclic) bond motifs is 1. The molecule has 27 heavy (non-hydrogen) atoms. The van der Waals surface area contributed by atoms with E-state index in [1.165, 1.54) is 11.8 Å². The van der Waals surface area contributed by atoms with Gasteiger partial charge in [0.05, 0.1) is 22.5 Å². The summed E-state index contributed by atoms with van der Waals surface area (Å²) >= 11 is 8.63. The highest BCUT2D eigenvalue weighted by atomic mass is 35.5. The van der Waals surface area contributed by atoms with Crippen LogP contribution in [0.5, 0.6) is 0 Å². The van der Waals surface area contributed by atoms with Gasteiger partial charge in [0.15, 0.2) is 0 Å². The molecule has 4 rings (SSSR count). The van der Waals surface area contributed by atoms with Gasteiger partial charge in [0.1, 0.15) is 5.01 Å². The maximum atomic E-state index is 12.1. The van der Waals surface area contributed by atoms with Crippen LogP contribution < -0.4 is 5.32 Å². The lowest BCUT2D eigenvalue weighted by atomic mass is 10.2. The molecule has 2 heterocycles. The minimum atomic E-state index is -0.120. The fourth-order valence-corrected chi connectivity index (χ4v) is 3.95. The second-order valence-corrected chi connectivity index (χ2v) is 8.00. The molecule has 0 aliphatic rings. The number of carbonyl (C=O) groups is 1. The van der Waals surface area contributed by atoms with E-state index in [-0.39, 0.29) is 11.7 Å². The van der Waals surface area contributed by atoms with Crippen molar-refractivity contribution in [2.75, 3.05) is 5.75 Å². The zero-order valence-electron chi connectivity index (χ0n) is 13.9. The summed E-state index contributed by atoms with van der Waals surface area (Å²) < 4.78 is 6.68. The number of nitrogens with one attached hydrogen (secondary N) is 1. The monoisotopic (exact) mass is 416 g/mol. The van der Waals surface area contributed by atoms with E-state index < -0.39 is 0 Å². The third-order valence-corrected chi connectivity index (χ3v) is 5.71. The highest BCUT2D eigenvalue weighted by molar-refractivity contribution is 7.99. The molecule has 2 aromatic heterocycles. The topological polar surface area (TPSA) is 80.9 Å². The molecule has 0 unspecified atom stereocenters. The normalized spacial score (nSPS) is 11.0. The van der Waals surface area contributed by atoms with E-state index in [4.69, 9.17) is 16.0 Å². The van der Waals surface area contributed by atoms with Gasteiger partial charge < -0.3 is 9.73 Å². The van der Waals surface area contributed by atoms with Crippen molar-refractivity contribution in [3.63, 3.8) is 0 Å². The minimum absolute atomic E-state index is 0.120. The van der Waals surface area contributed by atoms with Gasteiger partial charge in [-0.3, -0.25) is 4.79 Å². The minimum Gasteiger partial charge on any atom is -0.411 e. The van der Waals surface area contributed by atoms with E-state index in [1.54, 1.807) is 35.6 Å². The number of hydrogen-bond acceptors (Lipinski definition) is 7. The lowest BCUT2D eigenvalue weighted by Gasteiger charge is -2.00. The van der Waals surface area contributed by atoms with Gasteiger partial charge in [-0.2, -0.15) is 0 Å². The Morgan fingerprint density at radius 3 is 2.78 bits per heavy atom. The van der Waals surface area contributed by atoms with E-state index in [1.807, 2.05) is 24.3 Å². The van der Waals surface area contributed by atoms with Gasteiger partial charge in [0.2, 0.25) is 11.8 Å². The number of nitrogens with zero attached hydrogens (tertiary/aromatic N) is 3. The molecule has 1 amide bonds. The summed E-state index contributed by atoms with van der Waals surface area (Å²) in [6.07, 6.45) is 0. The maximum absolute atomic E-state index is 12.1. The predicted molar refractivity (Wildman–Crippen MR) is 107 cm³/mol. The summed E-state index contributed by atoms with van der Waals surface area (Å²) in [5.41, 5.74) is 1.72. The Bertz CT molecular complexity index is 1050. The SMILES string of the molecule is O=C(CSc1nnc(-c2ccc(Cl)cc2)o1)NCc1nc2ccccc2s1. The number of benzene rings is 2. The number of rotatable bonds is 6. The van der Waals surface area contributed by atoms with Gasteiger partial charge >= 0.3 is 0 Å². The number of para-hydroxylation sites is 1. The fraction of sp³-hybridized carbons (Fsp3) is 0.111. The zero-order valence-corrected chi connectivity index (χ0v) is 16.3. The van der Waals surface area contributed by atoms with E-state index in [9.17, 15) is 4.79 Å². The van der Waals surface area contributed by atoms with Crippen LogP contribution in [0.4, 0.5) is 0 Å². The molecule has 0 saturated heterocycles. The average molecular weight is 417 g/mol. The Balaban J connectivity index is 1.29. The molecule has 0 bridgehead atoms. The summed E-state index contributed by atoms with van der Waals surface area (Å²) in [5.74, 6) is 0.460. The molecular weight excluding hydrogens is 404 g/mol. The van der Waals surface area contributed by atoms with E-state index in [2.05, 4.69) is 20.5 Å². The van der Waals surface area contributed by atoms with Crippen LogP contribution in [0.3, 0.4) is 0 Å². The van der Waals surface area contributed by atoms with E-state index in [0.717, 1.165) is 20.8 Å². The molecule has 0 aliphatic heterocycles. The van der Waals surface area contributed by atoms with Crippen LogP contribution in [0.1, 0.15) is 5.01 Å². The third kappa shape index (κ3) is 4.47. The maximum Gasteiger partial charge on any atom is 0.277 e. The summed E-state index contributed by atoms with van der Waals surface area (Å²) in [5, 5.41) is 12.7. The molecule has 9 heteroatoms. The first-order chi connectivity index (χ1) is 13.2. The Morgan fingerprint density at radius 2 is 1.96 bits per heavy atom. The Kier molecular flexibility index (Phi) is 5.38. The highest BCUT2D eigenvalue weighted by Gasteiger charge is 2.12. The van der Waals surface area contributed by atoms with Crippen LogP contribution in [-0.2, 0) is 11.3 Å². The molecule has 1 N–H and O–H groups in total. The Hall–Kier alpha value is -2.42. The van der Waals surface area contributed by atoms with Crippen molar-refractivity contribution in [2.45, 2.75) is 11.8 Å². The lowest BCUT2D eigenvalue weighted by molar-refractivity contribution is -0.118. The molecule has 4 aromatic rings. The van der Waals surface area contributed by atoms with Gasteiger partial charge in [-0.25, -0.2) is 4.98 Å². The quantitative estimate of drug-likeness (QED) is 0.469. The standard InChI is InChI=1S/C18H13ClN4O2S2/c19-12-7-5-11(6-8-12)17-22-23-18(25-17)26-10-15(24)20-9-16-21-13-3-1-2-4-14(13)27-16/h1-8H,9-10H2,(H,20,24). The third-order valence-electron chi connectivity index (χ3n) is 3.60. The molecule has 0 saturated carbocycles. The molecule has 0 atom stereocenters. The number of hydrogen-bond donors (Lipinski definition) is 1. The lowest BCUT2D eigenvalue weighted by Crippen LogP contribution is -2.24. The predicted octanol–water partition coefficient (Wildman–Crippen LogP) is 4.41. The van der Waals surface area contributed by atoms with E-state index in [0.29, 0.717) is 22.7 Å². The van der Waals surface area contributed by atoms with Crippen molar-refractivity contribution >= 4 is 50.8 Å². The molecule has 136 valence electrons. The van der Waals surface area contributed by atoms with Crippen molar-refractivity contribution in [3.8, 4) is 11.5 Å². The van der Waals surface area contributed by atoms with Gasteiger partial charge in [-0.15, -0.1) is 21.5 Å². The van der Waals surface area contributed by atoms with Crippen molar-refractivity contribution < 1.29 is 9.21 Å². The van der Waals surface area contributed by atoms with Gasteiger partial charge in [0.25, 0.3) is 5.22 Å². The molecule has 0 spiro atoms. The molecule has 0 radical (unpaired) electrons. The van der Waals surface area contributed by atoms with Crippen LogP contribution in [0.2, 0.25) is 5.02 Å². The highest BCUT2D eigenvalue weighted by Crippen LogP contribution is 2.24. The first kappa shape index (κ1) is 18.0. The number of amides is 1. The van der Waals surface area contributed by atoms with Crippen LogP contribution in [0, 0.1) is 0 Å². The van der Waals surface area contributed by atoms with E-state index >= 15 is 0 Å². The molecule has 0 fully saturated rings. The summed E-state index contributed by atoms with van der Waals surface area (Å²) in [7, 11) is 0. The molecule has 2 aromatic carbocycles. The molecule has 0 aliphatic carbocycles. The number of thiazole rings is 1. The molecule has 6 nitrogen and oxygen atoms in total. The van der Waals surface area contributed by atoms with Crippen molar-refractivity contribution in [3.05, 3.63) is 58.6 Å². The fourth-order valence-electron chi connectivity index (χ4n) is 2.33. The second kappa shape index (κ2) is 8.08. The van der Waals surface area contributed by atoms with Crippen LogP contribution in [-0.4, -0.2) is 26.8 Å². The smallest absolute Gasteiger partial charge is 0.277 e. The number of thioether (sulfide) groups is 1. The summed E-state index contributed by atoms with van der Waals surface area (Å²) in [6.45, 7) is 0.401. The van der Waals surface area contributed by atoms with Gasteiger partial charge in [-0.05, 0) is 36.4 Å². The van der Waals surface area contributed by atoms with Crippen molar-refractivity contribution in [1.82, 2.24) is 20.5 Å².